The van der Waals surface area contributed by atoms with Crippen molar-refractivity contribution in [1.82, 2.24) is 24.5 Å². The van der Waals surface area contributed by atoms with Gasteiger partial charge in [-0.15, -0.1) is 0 Å². The summed E-state index contributed by atoms with van der Waals surface area (Å²) in [5.41, 5.74) is 5.85. The van der Waals surface area contributed by atoms with E-state index in [1.54, 1.807) is 0 Å². The van der Waals surface area contributed by atoms with E-state index >= 15 is 0 Å². The van der Waals surface area contributed by atoms with E-state index in [2.05, 4.69) is 16.3 Å². The van der Waals surface area contributed by atoms with Crippen molar-refractivity contribution in [2.24, 2.45) is 0 Å². The number of rotatable bonds is 2. The zero-order chi connectivity index (χ0) is 18.3. The molecule has 3 aromatic rings. The van der Waals surface area contributed by atoms with E-state index in [0.717, 1.165) is 48.0 Å². The van der Waals surface area contributed by atoms with Crippen LogP contribution in [-0.2, 0) is 13.1 Å². The molecule has 2 aromatic heterocycles. The number of benzene rings is 1. The van der Waals surface area contributed by atoms with Crippen LogP contribution in [0.25, 0.3) is 5.69 Å². The number of nitrogens with zero attached hydrogens (tertiary/aromatic N) is 5. The van der Waals surface area contributed by atoms with Gasteiger partial charge in [-0.05, 0) is 63.6 Å². The van der Waals surface area contributed by atoms with Gasteiger partial charge in [0.2, 0.25) is 0 Å². The molecular weight excluding hydrogens is 326 g/mol. The van der Waals surface area contributed by atoms with E-state index in [1.807, 2.05) is 65.4 Å². The molecule has 6 nitrogen and oxygen atoms in total. The molecule has 0 N–H and O–H groups in total. The normalized spacial score (nSPS) is 14.2. The lowest BCUT2D eigenvalue weighted by atomic mass is 10.1. The van der Waals surface area contributed by atoms with Crippen LogP contribution in [-0.4, -0.2) is 36.9 Å². The van der Waals surface area contributed by atoms with Gasteiger partial charge in [-0.3, -0.25) is 9.48 Å². The summed E-state index contributed by atoms with van der Waals surface area (Å²) < 4.78 is 3.92. The van der Waals surface area contributed by atoms with Crippen LogP contribution in [0.3, 0.4) is 0 Å². The number of hydrogen-bond donors (Lipinski definition) is 0. The maximum Gasteiger partial charge on any atom is 0.254 e. The van der Waals surface area contributed by atoms with Crippen LogP contribution in [0.1, 0.15) is 39.6 Å². The van der Waals surface area contributed by atoms with E-state index in [-0.39, 0.29) is 5.91 Å². The quantitative estimate of drug-likeness (QED) is 0.714. The molecule has 3 heterocycles. The van der Waals surface area contributed by atoms with Crippen molar-refractivity contribution in [3.8, 4) is 5.69 Å². The minimum Gasteiger partial charge on any atom is -0.333 e. The van der Waals surface area contributed by atoms with Gasteiger partial charge in [0.1, 0.15) is 0 Å². The van der Waals surface area contributed by atoms with E-state index in [1.165, 1.54) is 0 Å². The van der Waals surface area contributed by atoms with Gasteiger partial charge in [-0.25, -0.2) is 4.68 Å². The fourth-order valence-electron chi connectivity index (χ4n) is 3.60. The Balaban J connectivity index is 1.55. The van der Waals surface area contributed by atoms with Crippen molar-refractivity contribution in [3.05, 3.63) is 64.7 Å². The number of amides is 1. The van der Waals surface area contributed by atoms with Gasteiger partial charge in [0.15, 0.2) is 0 Å². The molecule has 4 rings (SSSR count). The molecule has 0 bridgehead atoms. The van der Waals surface area contributed by atoms with Crippen molar-refractivity contribution in [2.75, 3.05) is 6.54 Å². The van der Waals surface area contributed by atoms with Crippen LogP contribution in [0.4, 0.5) is 0 Å². The number of fused-ring (bicyclic) bond motifs is 1. The first-order valence-corrected chi connectivity index (χ1v) is 8.97. The number of aryl methyl sites for hydroxylation is 4. The summed E-state index contributed by atoms with van der Waals surface area (Å²) >= 11 is 0. The lowest BCUT2D eigenvalue weighted by molar-refractivity contribution is 0.0746. The first-order chi connectivity index (χ1) is 12.5. The van der Waals surface area contributed by atoms with Gasteiger partial charge in [0, 0.05) is 24.3 Å². The second-order valence-corrected chi connectivity index (χ2v) is 6.97. The highest BCUT2D eigenvalue weighted by Gasteiger charge is 2.21. The van der Waals surface area contributed by atoms with Crippen molar-refractivity contribution in [1.29, 1.82) is 0 Å². The first kappa shape index (κ1) is 16.6. The lowest BCUT2D eigenvalue weighted by Gasteiger charge is -2.20. The Morgan fingerprint density at radius 3 is 2.38 bits per heavy atom. The van der Waals surface area contributed by atoms with Gasteiger partial charge >= 0.3 is 0 Å². The fraction of sp³-hybridized carbons (Fsp3) is 0.350. The molecule has 0 atom stereocenters. The molecule has 0 aliphatic carbocycles. The maximum atomic E-state index is 13.0. The Bertz CT molecular complexity index is 951. The summed E-state index contributed by atoms with van der Waals surface area (Å²) in [6.07, 6.45) is 0.920. The molecule has 0 saturated carbocycles. The Morgan fingerprint density at radius 1 is 0.962 bits per heavy atom. The summed E-state index contributed by atoms with van der Waals surface area (Å²) in [4.78, 5) is 14.9. The van der Waals surface area contributed by atoms with E-state index in [0.29, 0.717) is 12.1 Å². The third-order valence-electron chi connectivity index (χ3n) is 4.79. The molecule has 0 saturated heterocycles. The van der Waals surface area contributed by atoms with Crippen LogP contribution < -0.4 is 0 Å². The zero-order valence-corrected chi connectivity index (χ0v) is 15.4. The third kappa shape index (κ3) is 3.03. The summed E-state index contributed by atoms with van der Waals surface area (Å²) in [5.74, 6) is 0.0669. The molecule has 6 heteroatoms. The van der Waals surface area contributed by atoms with Crippen LogP contribution >= 0.6 is 0 Å². The zero-order valence-electron chi connectivity index (χ0n) is 15.4. The molecule has 0 spiro atoms. The lowest BCUT2D eigenvalue weighted by Crippen LogP contribution is -2.30. The smallest absolute Gasteiger partial charge is 0.254 e. The fourth-order valence-corrected chi connectivity index (χ4v) is 3.60. The molecule has 26 heavy (non-hydrogen) atoms. The van der Waals surface area contributed by atoms with Crippen LogP contribution in [0, 0.1) is 20.8 Å². The van der Waals surface area contributed by atoms with Gasteiger partial charge in [-0.1, -0.05) is 0 Å². The molecule has 0 radical (unpaired) electrons. The maximum absolute atomic E-state index is 13.0. The highest BCUT2D eigenvalue weighted by atomic mass is 16.2. The Hall–Kier alpha value is -2.89. The average molecular weight is 349 g/mol. The first-order valence-electron chi connectivity index (χ1n) is 8.97. The third-order valence-corrected chi connectivity index (χ3v) is 4.79. The molecule has 0 fully saturated rings. The molecule has 1 aromatic carbocycles. The standard InChI is InChI=1S/C20H23N5O/c1-14-11-16(3)25(22-14)18-7-5-17(6-8-18)20(26)23-9-4-10-24-19(13-23)12-15(2)21-24/h5-8,11-12H,4,9-10,13H2,1-3H3. The molecule has 1 aliphatic heterocycles. The number of carbonyl (C=O) groups excluding carboxylic acids is 1. The Labute approximate surface area is 153 Å². The van der Waals surface area contributed by atoms with Gasteiger partial charge in [0.25, 0.3) is 5.91 Å². The van der Waals surface area contributed by atoms with Gasteiger partial charge < -0.3 is 4.90 Å². The second kappa shape index (κ2) is 6.44. The van der Waals surface area contributed by atoms with Crippen LogP contribution in [0.2, 0.25) is 0 Å². The highest BCUT2D eigenvalue weighted by Crippen LogP contribution is 2.18. The topological polar surface area (TPSA) is 56.0 Å². The molecule has 1 aliphatic rings. The summed E-state index contributed by atoms with van der Waals surface area (Å²) in [6.45, 7) is 8.23. The second-order valence-electron chi connectivity index (χ2n) is 6.97. The monoisotopic (exact) mass is 349 g/mol. The molecular formula is C20H23N5O. The predicted octanol–water partition coefficient (Wildman–Crippen LogP) is 3.04. The SMILES string of the molecule is Cc1cc2n(n1)CCCN(C(=O)c1ccc(-n3nc(C)cc3C)cc1)C2. The van der Waals surface area contributed by atoms with Crippen molar-refractivity contribution in [3.63, 3.8) is 0 Å². The highest BCUT2D eigenvalue weighted by molar-refractivity contribution is 5.94. The van der Waals surface area contributed by atoms with E-state index in [4.69, 9.17) is 0 Å². The van der Waals surface area contributed by atoms with Gasteiger partial charge in [-0.2, -0.15) is 10.2 Å². The van der Waals surface area contributed by atoms with Crippen molar-refractivity contribution in [2.45, 2.75) is 40.3 Å². The summed E-state index contributed by atoms with van der Waals surface area (Å²) in [6, 6.07) is 11.8. The van der Waals surface area contributed by atoms with Crippen LogP contribution in [0.15, 0.2) is 36.4 Å². The summed E-state index contributed by atoms with van der Waals surface area (Å²) in [5, 5.41) is 9.00. The minimum absolute atomic E-state index is 0.0669. The van der Waals surface area contributed by atoms with Crippen molar-refractivity contribution < 1.29 is 4.79 Å². The van der Waals surface area contributed by atoms with E-state index in [9.17, 15) is 4.79 Å². The minimum atomic E-state index is 0.0669. The van der Waals surface area contributed by atoms with E-state index < -0.39 is 0 Å². The molecule has 1 amide bonds. The molecule has 134 valence electrons. The average Bonchev–Trinajstić information content (AvgIpc) is 3.07. The Kier molecular flexibility index (Phi) is 4.11. The Morgan fingerprint density at radius 2 is 1.69 bits per heavy atom. The predicted molar refractivity (Wildman–Crippen MR) is 99.4 cm³/mol. The van der Waals surface area contributed by atoms with Crippen molar-refractivity contribution >= 4 is 5.91 Å². The number of carbonyl (C=O) groups is 1. The number of aromatic nitrogens is 4. The number of hydrogen-bond acceptors (Lipinski definition) is 3. The largest absolute Gasteiger partial charge is 0.333 e. The molecule has 0 unspecified atom stereocenters. The van der Waals surface area contributed by atoms with Crippen LogP contribution in [0.5, 0.6) is 0 Å². The summed E-state index contributed by atoms with van der Waals surface area (Å²) in [7, 11) is 0. The van der Waals surface area contributed by atoms with Gasteiger partial charge in [0.05, 0.1) is 29.3 Å².